The Morgan fingerprint density at radius 2 is 2.00 bits per heavy atom. The second-order valence-electron chi connectivity index (χ2n) is 5.78. The van der Waals surface area contributed by atoms with Crippen LogP contribution in [0, 0.1) is 0 Å². The number of fused-ring (bicyclic) bond motifs is 1. The molecule has 2 aliphatic heterocycles. The fourth-order valence-corrected chi connectivity index (χ4v) is 2.88. The van der Waals surface area contributed by atoms with E-state index < -0.39 is 11.9 Å². The maximum Gasteiger partial charge on any atom is 0.433 e. The SMILES string of the molecule is CN1CCc2nc(N3CCC(N)C3)nc(C(F)(F)F)c2C1. The van der Waals surface area contributed by atoms with Crippen molar-refractivity contribution in [3.05, 3.63) is 17.0 Å². The van der Waals surface area contributed by atoms with Gasteiger partial charge in [0.2, 0.25) is 5.95 Å². The van der Waals surface area contributed by atoms with Gasteiger partial charge in [0.1, 0.15) is 0 Å². The first-order valence-corrected chi connectivity index (χ1v) is 7.00. The van der Waals surface area contributed by atoms with Gasteiger partial charge in [-0.2, -0.15) is 13.2 Å². The molecular formula is C13H18F3N5. The number of likely N-dealkylation sites (N-methyl/N-ethyl adjacent to an activating group) is 1. The number of anilines is 1. The number of halogens is 3. The van der Waals surface area contributed by atoms with Gasteiger partial charge in [-0.3, -0.25) is 0 Å². The molecule has 0 spiro atoms. The summed E-state index contributed by atoms with van der Waals surface area (Å²) < 4.78 is 39.9. The van der Waals surface area contributed by atoms with Crippen molar-refractivity contribution in [1.82, 2.24) is 14.9 Å². The van der Waals surface area contributed by atoms with Crippen LogP contribution in [-0.4, -0.2) is 47.6 Å². The summed E-state index contributed by atoms with van der Waals surface area (Å²) in [4.78, 5) is 11.8. The summed E-state index contributed by atoms with van der Waals surface area (Å²) in [6.45, 7) is 2.07. The largest absolute Gasteiger partial charge is 0.433 e. The third-order valence-corrected chi connectivity index (χ3v) is 4.02. The van der Waals surface area contributed by atoms with E-state index in [1.807, 2.05) is 4.90 Å². The summed E-state index contributed by atoms with van der Waals surface area (Å²) in [6, 6.07) is -0.0231. The Bertz CT molecular complexity index is 545. The van der Waals surface area contributed by atoms with Crippen LogP contribution >= 0.6 is 0 Å². The number of aromatic nitrogens is 2. The standard InChI is InChI=1S/C13H18F3N5/c1-20-4-3-10-9(7-20)11(13(14,15)16)19-12(18-10)21-5-2-8(17)6-21/h8H,2-7,17H2,1H3. The minimum absolute atomic E-state index is 0.0231. The number of hydrogen-bond donors (Lipinski definition) is 1. The molecule has 116 valence electrons. The van der Waals surface area contributed by atoms with E-state index in [1.165, 1.54) is 0 Å². The zero-order chi connectivity index (χ0) is 15.2. The van der Waals surface area contributed by atoms with Gasteiger partial charge in [-0.1, -0.05) is 0 Å². The Kier molecular flexibility index (Phi) is 3.53. The predicted octanol–water partition coefficient (Wildman–Crippen LogP) is 1.02. The van der Waals surface area contributed by atoms with E-state index in [-0.39, 0.29) is 24.1 Å². The zero-order valence-electron chi connectivity index (χ0n) is 11.8. The van der Waals surface area contributed by atoms with Crippen LogP contribution in [0.5, 0.6) is 0 Å². The van der Waals surface area contributed by atoms with Gasteiger partial charge in [0, 0.05) is 44.2 Å². The van der Waals surface area contributed by atoms with Crippen molar-refractivity contribution in [3.63, 3.8) is 0 Å². The summed E-state index contributed by atoms with van der Waals surface area (Å²) in [5.74, 6) is 0.165. The molecule has 1 fully saturated rings. The molecule has 0 saturated carbocycles. The van der Waals surface area contributed by atoms with Crippen molar-refractivity contribution < 1.29 is 13.2 Å². The number of alkyl halides is 3. The molecule has 1 aromatic heterocycles. The van der Waals surface area contributed by atoms with E-state index in [0.717, 1.165) is 6.42 Å². The van der Waals surface area contributed by atoms with Gasteiger partial charge < -0.3 is 15.5 Å². The molecule has 3 rings (SSSR count). The van der Waals surface area contributed by atoms with Gasteiger partial charge >= 0.3 is 6.18 Å². The molecule has 1 atom stereocenters. The molecule has 1 saturated heterocycles. The molecule has 0 radical (unpaired) electrons. The first-order valence-electron chi connectivity index (χ1n) is 7.00. The Morgan fingerprint density at radius 1 is 1.24 bits per heavy atom. The van der Waals surface area contributed by atoms with Gasteiger partial charge in [-0.05, 0) is 13.5 Å². The minimum atomic E-state index is -4.46. The molecule has 21 heavy (non-hydrogen) atoms. The highest BCUT2D eigenvalue weighted by molar-refractivity contribution is 5.40. The molecule has 0 aromatic carbocycles. The molecule has 1 unspecified atom stereocenters. The molecule has 8 heteroatoms. The van der Waals surface area contributed by atoms with Crippen LogP contribution in [-0.2, 0) is 19.1 Å². The van der Waals surface area contributed by atoms with Crippen LogP contribution in [0.2, 0.25) is 0 Å². The fourth-order valence-electron chi connectivity index (χ4n) is 2.88. The smallest absolute Gasteiger partial charge is 0.339 e. The number of rotatable bonds is 1. The zero-order valence-corrected chi connectivity index (χ0v) is 11.8. The summed E-state index contributed by atoms with van der Waals surface area (Å²) in [5.41, 5.74) is 5.75. The summed E-state index contributed by atoms with van der Waals surface area (Å²) in [6.07, 6.45) is -3.18. The molecule has 0 aliphatic carbocycles. The topological polar surface area (TPSA) is 58.3 Å². The lowest BCUT2D eigenvalue weighted by Crippen LogP contribution is -2.33. The van der Waals surface area contributed by atoms with Gasteiger partial charge in [-0.15, -0.1) is 0 Å². The Labute approximate surface area is 120 Å². The average Bonchev–Trinajstić information content (AvgIpc) is 2.83. The first kappa shape index (κ1) is 14.5. The van der Waals surface area contributed by atoms with Crippen molar-refractivity contribution in [3.8, 4) is 0 Å². The van der Waals surface area contributed by atoms with Crippen LogP contribution in [0.15, 0.2) is 0 Å². The van der Waals surface area contributed by atoms with E-state index in [2.05, 4.69) is 9.97 Å². The van der Waals surface area contributed by atoms with Gasteiger partial charge in [0.05, 0.1) is 5.69 Å². The van der Waals surface area contributed by atoms with Gasteiger partial charge in [0.25, 0.3) is 0 Å². The second-order valence-corrected chi connectivity index (χ2v) is 5.78. The number of hydrogen-bond acceptors (Lipinski definition) is 5. The van der Waals surface area contributed by atoms with Crippen LogP contribution in [0.25, 0.3) is 0 Å². The molecule has 0 amide bonds. The Hall–Kier alpha value is -1.41. The van der Waals surface area contributed by atoms with E-state index in [0.29, 0.717) is 31.7 Å². The van der Waals surface area contributed by atoms with Crippen molar-refractivity contribution >= 4 is 5.95 Å². The van der Waals surface area contributed by atoms with Crippen LogP contribution in [0.1, 0.15) is 23.4 Å². The third-order valence-electron chi connectivity index (χ3n) is 4.02. The monoisotopic (exact) mass is 301 g/mol. The molecule has 1 aromatic rings. The van der Waals surface area contributed by atoms with Crippen LogP contribution in [0.4, 0.5) is 19.1 Å². The molecule has 2 aliphatic rings. The maximum absolute atomic E-state index is 13.3. The lowest BCUT2D eigenvalue weighted by atomic mass is 10.0. The maximum atomic E-state index is 13.3. The van der Waals surface area contributed by atoms with Gasteiger partial charge in [-0.25, -0.2) is 9.97 Å². The van der Waals surface area contributed by atoms with E-state index in [9.17, 15) is 13.2 Å². The first-order chi connectivity index (χ1) is 9.84. The molecule has 2 N–H and O–H groups in total. The normalized spacial score (nSPS) is 23.5. The van der Waals surface area contributed by atoms with E-state index in [4.69, 9.17) is 5.73 Å². The fraction of sp³-hybridized carbons (Fsp3) is 0.692. The van der Waals surface area contributed by atoms with Crippen LogP contribution in [0.3, 0.4) is 0 Å². The molecule has 3 heterocycles. The van der Waals surface area contributed by atoms with Crippen molar-refractivity contribution in [2.45, 2.75) is 31.6 Å². The summed E-state index contributed by atoms with van der Waals surface area (Å²) >= 11 is 0. The Morgan fingerprint density at radius 3 is 2.62 bits per heavy atom. The minimum Gasteiger partial charge on any atom is -0.339 e. The number of nitrogens with two attached hydrogens (primary N) is 1. The van der Waals surface area contributed by atoms with Crippen LogP contribution < -0.4 is 10.6 Å². The molecule has 0 bridgehead atoms. The summed E-state index contributed by atoms with van der Waals surface area (Å²) in [5, 5.41) is 0. The number of nitrogens with zero attached hydrogens (tertiary/aromatic N) is 4. The van der Waals surface area contributed by atoms with E-state index in [1.54, 1.807) is 11.9 Å². The average molecular weight is 301 g/mol. The van der Waals surface area contributed by atoms with Gasteiger partial charge in [0.15, 0.2) is 5.69 Å². The quantitative estimate of drug-likeness (QED) is 0.839. The Balaban J connectivity index is 2.04. The highest BCUT2D eigenvalue weighted by Crippen LogP contribution is 2.35. The van der Waals surface area contributed by atoms with Crippen molar-refractivity contribution in [1.29, 1.82) is 0 Å². The molecular weight excluding hydrogens is 283 g/mol. The predicted molar refractivity (Wildman–Crippen MR) is 71.9 cm³/mol. The third kappa shape index (κ3) is 2.82. The lowest BCUT2D eigenvalue weighted by Gasteiger charge is -2.28. The van der Waals surface area contributed by atoms with E-state index >= 15 is 0 Å². The lowest BCUT2D eigenvalue weighted by molar-refractivity contribution is -0.142. The summed E-state index contributed by atoms with van der Waals surface area (Å²) in [7, 11) is 1.80. The van der Waals surface area contributed by atoms with Crippen molar-refractivity contribution in [2.75, 3.05) is 31.6 Å². The highest BCUT2D eigenvalue weighted by atomic mass is 19.4. The second kappa shape index (κ2) is 5.10. The van der Waals surface area contributed by atoms with Crippen molar-refractivity contribution in [2.24, 2.45) is 5.73 Å². The molecule has 5 nitrogen and oxygen atoms in total. The highest BCUT2D eigenvalue weighted by Gasteiger charge is 2.39.